The van der Waals surface area contributed by atoms with E-state index in [0.29, 0.717) is 16.3 Å². The van der Waals surface area contributed by atoms with Crippen LogP contribution in [0.3, 0.4) is 0 Å². The largest absolute Gasteiger partial charge is 0.301 e. The molecule has 0 unspecified atom stereocenters. The van der Waals surface area contributed by atoms with Gasteiger partial charge in [-0.15, -0.1) is 0 Å². The summed E-state index contributed by atoms with van der Waals surface area (Å²) in [7, 11) is 0. The topological polar surface area (TPSA) is 59.1 Å². The zero-order valence-corrected chi connectivity index (χ0v) is 17.9. The second kappa shape index (κ2) is 8.20. The molecule has 4 rings (SSSR count). The average Bonchev–Trinajstić information content (AvgIpc) is 3.14. The van der Waals surface area contributed by atoms with Crippen LogP contribution in [-0.2, 0) is 4.79 Å². The molecule has 0 radical (unpaired) electrons. The van der Waals surface area contributed by atoms with Gasteiger partial charge in [0.25, 0.3) is 0 Å². The molecule has 1 aromatic heterocycles. The van der Waals surface area contributed by atoms with E-state index in [4.69, 9.17) is 0 Å². The first-order chi connectivity index (χ1) is 14.4. The molecule has 0 spiro atoms. The number of aryl methyl sites for hydroxylation is 2. The smallest absolute Gasteiger partial charge is 0.233 e. The summed E-state index contributed by atoms with van der Waals surface area (Å²) in [6.45, 7) is 5.96. The molecule has 30 heavy (non-hydrogen) atoms. The molecule has 150 valence electrons. The number of benzene rings is 3. The van der Waals surface area contributed by atoms with Crippen molar-refractivity contribution < 1.29 is 9.59 Å². The third kappa shape index (κ3) is 4.02. The fourth-order valence-corrected chi connectivity index (χ4v) is 4.25. The number of ketones is 1. The highest BCUT2D eigenvalue weighted by Crippen LogP contribution is 2.29. The van der Waals surface area contributed by atoms with E-state index in [1.54, 1.807) is 24.3 Å². The van der Waals surface area contributed by atoms with Crippen molar-refractivity contribution in [2.24, 2.45) is 0 Å². The number of thiazole rings is 1. The van der Waals surface area contributed by atoms with Gasteiger partial charge in [0.05, 0.1) is 16.1 Å². The molecule has 1 atom stereocenters. The Bertz CT molecular complexity index is 1210. The van der Waals surface area contributed by atoms with Crippen molar-refractivity contribution in [1.29, 1.82) is 0 Å². The van der Waals surface area contributed by atoms with Crippen molar-refractivity contribution in [2.45, 2.75) is 26.7 Å². The van der Waals surface area contributed by atoms with Gasteiger partial charge in [-0.2, -0.15) is 0 Å². The summed E-state index contributed by atoms with van der Waals surface area (Å²) in [5, 5.41) is 3.52. The summed E-state index contributed by atoms with van der Waals surface area (Å²) in [5.41, 5.74) is 5.27. The number of nitrogens with one attached hydrogen (secondary N) is 1. The van der Waals surface area contributed by atoms with Crippen LogP contribution in [-0.4, -0.2) is 16.7 Å². The first-order valence-corrected chi connectivity index (χ1v) is 10.6. The minimum Gasteiger partial charge on any atom is -0.301 e. The Morgan fingerprint density at radius 2 is 1.60 bits per heavy atom. The number of hydrogen-bond donors (Lipinski definition) is 1. The van der Waals surface area contributed by atoms with E-state index in [1.165, 1.54) is 22.5 Å². The molecule has 0 aliphatic carbocycles. The van der Waals surface area contributed by atoms with E-state index in [9.17, 15) is 9.59 Å². The van der Waals surface area contributed by atoms with Gasteiger partial charge in [-0.1, -0.05) is 59.9 Å². The molecule has 0 aliphatic heterocycles. The molecule has 4 nitrogen and oxygen atoms in total. The van der Waals surface area contributed by atoms with Crippen LogP contribution in [0.25, 0.3) is 10.2 Å². The van der Waals surface area contributed by atoms with Crippen LogP contribution < -0.4 is 5.32 Å². The van der Waals surface area contributed by atoms with Crippen molar-refractivity contribution in [3.05, 3.63) is 94.5 Å². The summed E-state index contributed by atoms with van der Waals surface area (Å²) in [6.07, 6.45) is 0. The number of rotatable bonds is 5. The van der Waals surface area contributed by atoms with Crippen molar-refractivity contribution >= 4 is 38.4 Å². The number of amides is 1. The second-order valence-corrected chi connectivity index (χ2v) is 8.49. The molecule has 1 N–H and O–H groups in total. The molecular weight excluding hydrogens is 392 g/mol. The van der Waals surface area contributed by atoms with Crippen LogP contribution in [0, 0.1) is 13.8 Å². The van der Waals surface area contributed by atoms with E-state index < -0.39 is 5.92 Å². The van der Waals surface area contributed by atoms with E-state index in [0.717, 1.165) is 15.8 Å². The molecule has 0 saturated heterocycles. The summed E-state index contributed by atoms with van der Waals surface area (Å²) >= 11 is 1.47. The summed E-state index contributed by atoms with van der Waals surface area (Å²) in [5.74, 6) is -0.613. The highest BCUT2D eigenvalue weighted by Gasteiger charge is 2.19. The quantitative estimate of drug-likeness (QED) is 0.415. The third-order valence-electron chi connectivity index (χ3n) is 5.31. The minimum absolute atomic E-state index is 0.0537. The summed E-state index contributed by atoms with van der Waals surface area (Å²) in [6, 6.07) is 20.6. The van der Waals surface area contributed by atoms with Gasteiger partial charge in [0, 0.05) is 11.1 Å². The van der Waals surface area contributed by atoms with Crippen LogP contribution in [0.15, 0.2) is 66.7 Å². The number of carbonyl (C=O) groups is 2. The van der Waals surface area contributed by atoms with Crippen LogP contribution in [0.4, 0.5) is 5.13 Å². The number of aromatic nitrogens is 1. The van der Waals surface area contributed by atoms with Gasteiger partial charge >= 0.3 is 0 Å². The molecule has 0 saturated carbocycles. The van der Waals surface area contributed by atoms with Crippen LogP contribution >= 0.6 is 11.3 Å². The predicted octanol–water partition coefficient (Wildman–Crippen LogP) is 5.89. The molecule has 0 bridgehead atoms. The van der Waals surface area contributed by atoms with E-state index in [-0.39, 0.29) is 11.7 Å². The second-order valence-electron chi connectivity index (χ2n) is 7.45. The monoisotopic (exact) mass is 414 g/mol. The molecule has 4 aromatic rings. The van der Waals surface area contributed by atoms with E-state index in [1.807, 2.05) is 43.3 Å². The van der Waals surface area contributed by atoms with Gasteiger partial charge in [0.15, 0.2) is 10.9 Å². The molecule has 1 amide bonds. The SMILES string of the molecule is Cc1cc2nc(NC(=O)[C@H](C)c3cccc(C(=O)c4ccccc4)c3)sc2cc1C. The van der Waals surface area contributed by atoms with Crippen LogP contribution in [0.2, 0.25) is 0 Å². The van der Waals surface area contributed by atoms with Gasteiger partial charge in [-0.3, -0.25) is 9.59 Å². The average molecular weight is 415 g/mol. The lowest BCUT2D eigenvalue weighted by Gasteiger charge is -2.12. The van der Waals surface area contributed by atoms with Crippen LogP contribution in [0.1, 0.15) is 45.5 Å². The molecule has 0 fully saturated rings. The standard InChI is InChI=1S/C25H22N2O2S/c1-15-12-21-22(13-16(15)2)30-25(26-21)27-24(29)17(3)19-10-7-11-20(14-19)23(28)18-8-5-4-6-9-18/h4-14,17H,1-3H3,(H,26,27,29)/t17-/m1/s1. The van der Waals surface area contributed by atoms with Gasteiger partial charge in [0.2, 0.25) is 5.91 Å². The number of anilines is 1. The van der Waals surface area contributed by atoms with E-state index in [2.05, 4.69) is 30.2 Å². The number of carbonyl (C=O) groups excluding carboxylic acids is 2. The van der Waals surface area contributed by atoms with Gasteiger partial charge in [0.1, 0.15) is 0 Å². The Hall–Kier alpha value is -3.31. The van der Waals surface area contributed by atoms with Crippen molar-refractivity contribution in [2.75, 3.05) is 5.32 Å². The molecule has 0 aliphatic rings. The normalized spacial score (nSPS) is 12.0. The Kier molecular flexibility index (Phi) is 5.46. The lowest BCUT2D eigenvalue weighted by molar-refractivity contribution is -0.117. The number of fused-ring (bicyclic) bond motifs is 1. The van der Waals surface area contributed by atoms with Crippen molar-refractivity contribution in [3.8, 4) is 0 Å². The summed E-state index contributed by atoms with van der Waals surface area (Å²) in [4.78, 5) is 30.1. The fraction of sp³-hybridized carbons (Fsp3) is 0.160. The van der Waals surface area contributed by atoms with Gasteiger partial charge in [-0.05, 0) is 55.7 Å². The Labute approximate surface area is 179 Å². The Morgan fingerprint density at radius 1 is 0.900 bits per heavy atom. The van der Waals surface area contributed by atoms with Crippen LogP contribution in [0.5, 0.6) is 0 Å². The first-order valence-electron chi connectivity index (χ1n) is 9.81. The molecule has 5 heteroatoms. The van der Waals surface area contributed by atoms with Gasteiger partial charge < -0.3 is 5.32 Å². The maximum Gasteiger partial charge on any atom is 0.233 e. The molecule has 3 aromatic carbocycles. The maximum absolute atomic E-state index is 12.8. The summed E-state index contributed by atoms with van der Waals surface area (Å²) < 4.78 is 1.05. The number of nitrogens with zero attached hydrogens (tertiary/aromatic N) is 1. The van der Waals surface area contributed by atoms with Crippen molar-refractivity contribution in [3.63, 3.8) is 0 Å². The zero-order chi connectivity index (χ0) is 21.3. The number of hydrogen-bond acceptors (Lipinski definition) is 4. The highest BCUT2D eigenvalue weighted by molar-refractivity contribution is 7.22. The Morgan fingerprint density at radius 3 is 2.37 bits per heavy atom. The minimum atomic E-state index is -0.413. The molecule has 1 heterocycles. The maximum atomic E-state index is 12.8. The molecular formula is C25H22N2O2S. The van der Waals surface area contributed by atoms with Crippen molar-refractivity contribution in [1.82, 2.24) is 4.98 Å². The lowest BCUT2D eigenvalue weighted by Crippen LogP contribution is -2.19. The van der Waals surface area contributed by atoms with Gasteiger partial charge in [-0.25, -0.2) is 4.98 Å². The predicted molar refractivity (Wildman–Crippen MR) is 122 cm³/mol. The first kappa shape index (κ1) is 20.0. The Balaban J connectivity index is 1.53. The van der Waals surface area contributed by atoms with E-state index >= 15 is 0 Å². The zero-order valence-electron chi connectivity index (χ0n) is 17.1. The fourth-order valence-electron chi connectivity index (χ4n) is 3.30. The highest BCUT2D eigenvalue weighted by atomic mass is 32.1. The lowest BCUT2D eigenvalue weighted by atomic mass is 9.95. The third-order valence-corrected chi connectivity index (χ3v) is 6.25.